The van der Waals surface area contributed by atoms with E-state index in [2.05, 4.69) is 5.32 Å². The zero-order valence-corrected chi connectivity index (χ0v) is 15.1. The maximum atomic E-state index is 13.4. The van der Waals surface area contributed by atoms with Crippen LogP contribution in [0.15, 0.2) is 60.7 Å². The monoisotopic (exact) mass is 366 g/mol. The Kier molecular flexibility index (Phi) is 5.37. The molecule has 3 rings (SSSR count). The number of hydrogen-bond acceptors (Lipinski definition) is 4. The molecule has 1 saturated heterocycles. The number of amides is 3. The van der Waals surface area contributed by atoms with Gasteiger partial charge >= 0.3 is 0 Å². The van der Waals surface area contributed by atoms with Gasteiger partial charge in [0.15, 0.2) is 0 Å². The fraction of sp³-hybridized carbons (Fsp3) is 0.286. The molecule has 0 radical (unpaired) electrons. The first-order valence-corrected chi connectivity index (χ1v) is 8.86. The van der Waals surface area contributed by atoms with Gasteiger partial charge in [0, 0.05) is 13.0 Å². The zero-order valence-electron chi connectivity index (χ0n) is 15.1. The molecular weight excluding hydrogens is 344 g/mol. The van der Waals surface area contributed by atoms with Crippen LogP contribution in [0.5, 0.6) is 0 Å². The van der Waals surface area contributed by atoms with E-state index in [-0.39, 0.29) is 25.4 Å². The number of aliphatic hydroxyl groups excluding tert-OH is 1. The van der Waals surface area contributed by atoms with Crippen molar-refractivity contribution in [3.8, 4) is 0 Å². The fourth-order valence-corrected chi connectivity index (χ4v) is 3.43. The number of nitrogens with one attached hydrogen (secondary N) is 1. The Bertz CT molecular complexity index is 794. The van der Waals surface area contributed by atoms with E-state index in [9.17, 15) is 19.5 Å². The summed E-state index contributed by atoms with van der Waals surface area (Å²) in [6, 6.07) is 18.3. The van der Waals surface area contributed by atoms with Gasteiger partial charge in [0.05, 0.1) is 6.10 Å². The van der Waals surface area contributed by atoms with Gasteiger partial charge in [0.1, 0.15) is 12.0 Å². The van der Waals surface area contributed by atoms with Gasteiger partial charge in [-0.2, -0.15) is 0 Å². The average molecular weight is 366 g/mol. The van der Waals surface area contributed by atoms with Crippen LogP contribution in [0.1, 0.15) is 24.5 Å². The van der Waals surface area contributed by atoms with E-state index in [4.69, 9.17) is 0 Å². The Morgan fingerprint density at radius 3 is 2.07 bits per heavy atom. The van der Waals surface area contributed by atoms with E-state index in [0.717, 1.165) is 16.0 Å². The van der Waals surface area contributed by atoms with Crippen molar-refractivity contribution < 1.29 is 19.5 Å². The summed E-state index contributed by atoms with van der Waals surface area (Å²) in [4.78, 5) is 39.2. The summed E-state index contributed by atoms with van der Waals surface area (Å²) in [5.74, 6) is -1.27. The SMILES string of the molecule is C[C@H](O)CNC(=O)CN1C(=O)CC(c2ccccc2)(c2ccccc2)C1=O. The minimum Gasteiger partial charge on any atom is -0.392 e. The van der Waals surface area contributed by atoms with Crippen molar-refractivity contribution in [2.45, 2.75) is 24.9 Å². The van der Waals surface area contributed by atoms with Crippen molar-refractivity contribution >= 4 is 17.7 Å². The lowest BCUT2D eigenvalue weighted by atomic mass is 9.73. The molecule has 0 unspecified atom stereocenters. The second kappa shape index (κ2) is 7.72. The van der Waals surface area contributed by atoms with Crippen molar-refractivity contribution in [1.82, 2.24) is 10.2 Å². The molecule has 6 heteroatoms. The van der Waals surface area contributed by atoms with Crippen LogP contribution in [-0.2, 0) is 19.8 Å². The van der Waals surface area contributed by atoms with Gasteiger partial charge in [-0.05, 0) is 18.1 Å². The Balaban J connectivity index is 1.95. The Morgan fingerprint density at radius 1 is 1.07 bits per heavy atom. The summed E-state index contributed by atoms with van der Waals surface area (Å²) in [6.07, 6.45) is -0.726. The highest BCUT2D eigenvalue weighted by atomic mass is 16.3. The average Bonchev–Trinajstić information content (AvgIpc) is 2.93. The second-order valence-corrected chi connectivity index (χ2v) is 6.75. The molecule has 3 amide bonds. The van der Waals surface area contributed by atoms with Crippen LogP contribution in [0.4, 0.5) is 0 Å². The van der Waals surface area contributed by atoms with E-state index in [1.54, 1.807) is 6.92 Å². The lowest BCUT2D eigenvalue weighted by molar-refractivity contribution is -0.143. The standard InChI is InChI=1S/C21H22N2O4/c1-15(24)13-22-18(25)14-23-19(26)12-21(20(23)27,16-8-4-2-5-9-16)17-10-6-3-7-11-17/h2-11,15,24H,12-14H2,1H3,(H,22,25)/t15-/m0/s1. The highest BCUT2D eigenvalue weighted by molar-refractivity contribution is 6.12. The van der Waals surface area contributed by atoms with Gasteiger partial charge in [-0.25, -0.2) is 0 Å². The van der Waals surface area contributed by atoms with Crippen molar-refractivity contribution in [1.29, 1.82) is 0 Å². The van der Waals surface area contributed by atoms with Gasteiger partial charge in [-0.1, -0.05) is 60.7 Å². The van der Waals surface area contributed by atoms with Crippen LogP contribution < -0.4 is 5.32 Å². The van der Waals surface area contributed by atoms with E-state index >= 15 is 0 Å². The third kappa shape index (κ3) is 3.61. The lowest BCUT2D eigenvalue weighted by Crippen LogP contribution is -2.45. The third-order valence-electron chi connectivity index (χ3n) is 4.76. The molecule has 1 fully saturated rings. The highest BCUT2D eigenvalue weighted by Gasteiger charge is 2.54. The van der Waals surface area contributed by atoms with E-state index in [1.165, 1.54) is 0 Å². The summed E-state index contributed by atoms with van der Waals surface area (Å²) < 4.78 is 0. The molecule has 0 aromatic heterocycles. The van der Waals surface area contributed by atoms with E-state index < -0.39 is 23.3 Å². The first-order chi connectivity index (χ1) is 12.9. The number of carbonyl (C=O) groups is 3. The maximum absolute atomic E-state index is 13.4. The minimum absolute atomic E-state index is 0.0243. The predicted molar refractivity (Wildman–Crippen MR) is 99.7 cm³/mol. The van der Waals surface area contributed by atoms with Crippen LogP contribution in [0.2, 0.25) is 0 Å². The van der Waals surface area contributed by atoms with Crippen LogP contribution in [0, 0.1) is 0 Å². The van der Waals surface area contributed by atoms with Crippen molar-refractivity contribution in [3.63, 3.8) is 0 Å². The number of benzene rings is 2. The minimum atomic E-state index is -1.13. The number of aliphatic hydroxyl groups is 1. The number of carbonyl (C=O) groups excluding carboxylic acids is 3. The van der Waals surface area contributed by atoms with Crippen molar-refractivity contribution in [2.75, 3.05) is 13.1 Å². The fourth-order valence-electron chi connectivity index (χ4n) is 3.43. The van der Waals surface area contributed by atoms with Crippen LogP contribution in [-0.4, -0.2) is 46.9 Å². The summed E-state index contributed by atoms with van der Waals surface area (Å²) in [6.45, 7) is 1.26. The number of rotatable bonds is 6. The summed E-state index contributed by atoms with van der Waals surface area (Å²) in [5.41, 5.74) is 0.312. The molecule has 140 valence electrons. The third-order valence-corrected chi connectivity index (χ3v) is 4.76. The van der Waals surface area contributed by atoms with E-state index in [0.29, 0.717) is 0 Å². The van der Waals surface area contributed by atoms with Gasteiger partial charge in [0.2, 0.25) is 17.7 Å². The molecule has 1 heterocycles. The van der Waals surface area contributed by atoms with Gasteiger partial charge in [-0.15, -0.1) is 0 Å². The molecule has 0 spiro atoms. The molecule has 0 bridgehead atoms. The molecule has 2 N–H and O–H groups in total. The molecular formula is C21H22N2O4. The van der Waals surface area contributed by atoms with Crippen molar-refractivity contribution in [3.05, 3.63) is 71.8 Å². The molecule has 0 saturated carbocycles. The summed E-state index contributed by atoms with van der Waals surface area (Å²) >= 11 is 0. The lowest BCUT2D eigenvalue weighted by Gasteiger charge is -2.28. The predicted octanol–water partition coefficient (Wildman–Crippen LogP) is 1.23. The van der Waals surface area contributed by atoms with Crippen LogP contribution in [0.3, 0.4) is 0 Å². The first-order valence-electron chi connectivity index (χ1n) is 8.86. The molecule has 1 aliphatic heterocycles. The first kappa shape index (κ1) is 18.8. The molecule has 1 atom stereocenters. The van der Waals surface area contributed by atoms with Gasteiger partial charge in [-0.3, -0.25) is 19.3 Å². The van der Waals surface area contributed by atoms with Gasteiger partial charge in [0.25, 0.3) is 0 Å². The summed E-state index contributed by atoms with van der Waals surface area (Å²) in [7, 11) is 0. The molecule has 1 aliphatic rings. The van der Waals surface area contributed by atoms with Crippen LogP contribution in [0.25, 0.3) is 0 Å². The number of hydrogen-bond donors (Lipinski definition) is 2. The Morgan fingerprint density at radius 2 is 1.59 bits per heavy atom. The zero-order chi connectivity index (χ0) is 19.4. The second-order valence-electron chi connectivity index (χ2n) is 6.75. The molecule has 2 aromatic rings. The maximum Gasteiger partial charge on any atom is 0.245 e. The molecule has 2 aromatic carbocycles. The molecule has 27 heavy (non-hydrogen) atoms. The Labute approximate surface area is 157 Å². The largest absolute Gasteiger partial charge is 0.392 e. The Hall–Kier alpha value is -2.99. The molecule has 0 aliphatic carbocycles. The molecule has 6 nitrogen and oxygen atoms in total. The summed E-state index contributed by atoms with van der Waals surface area (Å²) in [5, 5.41) is 11.8. The van der Waals surface area contributed by atoms with Crippen LogP contribution >= 0.6 is 0 Å². The van der Waals surface area contributed by atoms with Crippen molar-refractivity contribution in [2.24, 2.45) is 0 Å². The van der Waals surface area contributed by atoms with Gasteiger partial charge < -0.3 is 10.4 Å². The topological polar surface area (TPSA) is 86.7 Å². The quantitative estimate of drug-likeness (QED) is 0.753. The van der Waals surface area contributed by atoms with E-state index in [1.807, 2.05) is 60.7 Å². The number of likely N-dealkylation sites (tertiary alicyclic amines) is 1. The highest BCUT2D eigenvalue weighted by Crippen LogP contribution is 2.42. The number of nitrogens with zero attached hydrogens (tertiary/aromatic N) is 1. The normalized spacial score (nSPS) is 17.0. The number of imide groups is 1. The smallest absolute Gasteiger partial charge is 0.245 e.